The van der Waals surface area contributed by atoms with Gasteiger partial charge in [-0.3, -0.25) is 4.98 Å². The van der Waals surface area contributed by atoms with Crippen molar-refractivity contribution in [2.45, 2.75) is 12.7 Å². The Morgan fingerprint density at radius 3 is 2.69 bits per heavy atom. The standard InChI is InChI=1S/C19H21ClN6O2S/c1-12-15(3-2-4-16(12)20)17-9-18(26-19(21)25-17)23-8-7-22-13-5-6-14(24-10-13)11-29(27)28/h2-6,9-10,22H,7-8,11H2,1H3,(H,27,28)(H3,21,23,25,26). The van der Waals surface area contributed by atoms with Crippen molar-refractivity contribution in [1.82, 2.24) is 15.0 Å². The summed E-state index contributed by atoms with van der Waals surface area (Å²) in [4.78, 5) is 12.7. The van der Waals surface area contributed by atoms with Crippen LogP contribution in [0.4, 0.5) is 17.5 Å². The van der Waals surface area contributed by atoms with E-state index < -0.39 is 11.1 Å². The molecule has 0 aliphatic rings. The van der Waals surface area contributed by atoms with Crippen LogP contribution >= 0.6 is 11.6 Å². The molecule has 0 amide bonds. The Bertz CT molecular complexity index is 1020. The first-order valence-electron chi connectivity index (χ1n) is 8.82. The minimum absolute atomic E-state index is 0.0192. The van der Waals surface area contributed by atoms with E-state index in [1.165, 1.54) is 0 Å². The third kappa shape index (κ3) is 5.86. The SMILES string of the molecule is Cc1c(Cl)cccc1-c1cc(NCCNc2ccc(CS(=O)O)nc2)nc(N)n1. The normalized spacial score (nSPS) is 11.8. The van der Waals surface area contributed by atoms with Gasteiger partial charge in [0, 0.05) is 29.7 Å². The van der Waals surface area contributed by atoms with E-state index in [1.54, 1.807) is 12.3 Å². The van der Waals surface area contributed by atoms with Gasteiger partial charge in [0.25, 0.3) is 0 Å². The summed E-state index contributed by atoms with van der Waals surface area (Å²) in [5, 5.41) is 7.10. The van der Waals surface area contributed by atoms with Gasteiger partial charge in [0.15, 0.2) is 11.1 Å². The zero-order valence-corrected chi connectivity index (χ0v) is 17.3. The molecule has 3 rings (SSSR count). The molecule has 0 spiro atoms. The quantitative estimate of drug-likeness (QED) is 0.315. The summed E-state index contributed by atoms with van der Waals surface area (Å²) < 4.78 is 19.7. The average Bonchev–Trinajstić information content (AvgIpc) is 2.68. The fourth-order valence-electron chi connectivity index (χ4n) is 2.72. The van der Waals surface area contributed by atoms with E-state index in [0.717, 1.165) is 16.8 Å². The van der Waals surface area contributed by atoms with E-state index in [0.29, 0.717) is 35.3 Å². The van der Waals surface area contributed by atoms with Crippen LogP contribution in [-0.2, 0) is 16.8 Å². The number of hydrogen-bond donors (Lipinski definition) is 4. The minimum atomic E-state index is -1.89. The fourth-order valence-corrected chi connectivity index (χ4v) is 3.32. The van der Waals surface area contributed by atoms with E-state index in [1.807, 2.05) is 37.3 Å². The van der Waals surface area contributed by atoms with Crippen molar-refractivity contribution in [3.05, 3.63) is 58.9 Å². The number of nitrogens with one attached hydrogen (secondary N) is 2. The molecule has 0 saturated heterocycles. The highest BCUT2D eigenvalue weighted by Crippen LogP contribution is 2.28. The van der Waals surface area contributed by atoms with Gasteiger partial charge in [0.2, 0.25) is 5.95 Å². The molecule has 0 radical (unpaired) electrons. The van der Waals surface area contributed by atoms with Crippen LogP contribution in [-0.4, -0.2) is 36.8 Å². The Kier molecular flexibility index (Phi) is 6.97. The summed E-state index contributed by atoms with van der Waals surface area (Å²) in [7, 11) is 0. The number of hydrogen-bond acceptors (Lipinski definition) is 7. The van der Waals surface area contributed by atoms with E-state index in [9.17, 15) is 4.21 Å². The van der Waals surface area contributed by atoms with Gasteiger partial charge in [-0.15, -0.1) is 0 Å². The van der Waals surface area contributed by atoms with Crippen molar-refractivity contribution in [3.63, 3.8) is 0 Å². The number of anilines is 3. The summed E-state index contributed by atoms with van der Waals surface area (Å²) in [6.45, 7) is 3.14. The minimum Gasteiger partial charge on any atom is -0.382 e. The molecule has 1 atom stereocenters. The maximum absolute atomic E-state index is 10.8. The van der Waals surface area contributed by atoms with E-state index in [4.69, 9.17) is 21.9 Å². The van der Waals surface area contributed by atoms with Crippen LogP contribution in [0.5, 0.6) is 0 Å². The number of aromatic nitrogens is 3. The number of benzene rings is 1. The fraction of sp³-hybridized carbons (Fsp3) is 0.211. The Hall–Kier alpha value is -2.75. The van der Waals surface area contributed by atoms with E-state index >= 15 is 0 Å². The van der Waals surface area contributed by atoms with Crippen LogP contribution < -0.4 is 16.4 Å². The zero-order chi connectivity index (χ0) is 20.8. The smallest absolute Gasteiger partial charge is 0.222 e. The lowest BCUT2D eigenvalue weighted by Gasteiger charge is -2.11. The third-order valence-electron chi connectivity index (χ3n) is 4.14. The molecule has 29 heavy (non-hydrogen) atoms. The number of pyridine rings is 1. The zero-order valence-electron chi connectivity index (χ0n) is 15.7. The second-order valence-electron chi connectivity index (χ2n) is 6.27. The number of nitrogens with two attached hydrogens (primary N) is 1. The number of rotatable bonds is 8. The highest BCUT2D eigenvalue weighted by Gasteiger charge is 2.09. The summed E-state index contributed by atoms with van der Waals surface area (Å²) >= 11 is 4.31. The molecule has 152 valence electrons. The predicted molar refractivity (Wildman–Crippen MR) is 117 cm³/mol. The monoisotopic (exact) mass is 432 g/mol. The molecule has 10 heteroatoms. The van der Waals surface area contributed by atoms with Crippen molar-refractivity contribution in [3.8, 4) is 11.3 Å². The van der Waals surface area contributed by atoms with Gasteiger partial charge in [-0.1, -0.05) is 23.7 Å². The van der Waals surface area contributed by atoms with Crippen molar-refractivity contribution in [1.29, 1.82) is 0 Å². The lowest BCUT2D eigenvalue weighted by atomic mass is 10.1. The molecule has 0 aliphatic carbocycles. The molecule has 0 bridgehead atoms. The van der Waals surface area contributed by atoms with Gasteiger partial charge in [-0.2, -0.15) is 4.98 Å². The van der Waals surface area contributed by atoms with E-state index in [-0.39, 0.29) is 11.7 Å². The third-order valence-corrected chi connectivity index (χ3v) is 5.10. The van der Waals surface area contributed by atoms with Crippen LogP contribution in [0.15, 0.2) is 42.6 Å². The number of halogens is 1. The molecule has 0 saturated carbocycles. The molecular weight excluding hydrogens is 412 g/mol. The van der Waals surface area contributed by atoms with Crippen molar-refractivity contribution in [2.75, 3.05) is 29.5 Å². The summed E-state index contributed by atoms with van der Waals surface area (Å²) in [5.74, 6) is 0.816. The molecule has 0 fully saturated rings. The van der Waals surface area contributed by atoms with Crippen molar-refractivity contribution < 1.29 is 8.76 Å². The Labute approximate surface area is 176 Å². The van der Waals surface area contributed by atoms with Crippen molar-refractivity contribution in [2.24, 2.45) is 0 Å². The topological polar surface area (TPSA) is 126 Å². The second-order valence-corrected chi connectivity index (χ2v) is 7.61. The molecule has 2 heterocycles. The van der Waals surface area contributed by atoms with Crippen molar-refractivity contribution >= 4 is 40.1 Å². The second kappa shape index (κ2) is 9.64. The van der Waals surface area contributed by atoms with E-state index in [2.05, 4.69) is 25.6 Å². The van der Waals surface area contributed by atoms with Crippen LogP contribution in [0.1, 0.15) is 11.3 Å². The molecule has 8 nitrogen and oxygen atoms in total. The lowest BCUT2D eigenvalue weighted by Crippen LogP contribution is -2.15. The van der Waals surface area contributed by atoms with Gasteiger partial charge in [0.1, 0.15) is 5.82 Å². The van der Waals surface area contributed by atoms with Gasteiger partial charge in [-0.25, -0.2) is 9.19 Å². The summed E-state index contributed by atoms with van der Waals surface area (Å²) in [6, 6.07) is 11.0. The maximum Gasteiger partial charge on any atom is 0.222 e. The molecule has 2 aromatic heterocycles. The Balaban J connectivity index is 1.59. The Morgan fingerprint density at radius 1 is 1.17 bits per heavy atom. The number of nitrogens with zero attached hydrogens (tertiary/aromatic N) is 3. The molecule has 5 N–H and O–H groups in total. The van der Waals surface area contributed by atoms with Crippen LogP contribution in [0, 0.1) is 6.92 Å². The van der Waals surface area contributed by atoms with Crippen LogP contribution in [0.2, 0.25) is 5.02 Å². The first-order chi connectivity index (χ1) is 13.9. The predicted octanol–water partition coefficient (Wildman–Crippen LogP) is 3.33. The molecule has 0 aliphatic heterocycles. The number of nitrogen functional groups attached to an aromatic ring is 1. The molecular formula is C19H21ClN6O2S. The first-order valence-corrected chi connectivity index (χ1v) is 10.5. The summed E-state index contributed by atoms with van der Waals surface area (Å²) in [5.41, 5.74) is 9.79. The average molecular weight is 433 g/mol. The van der Waals surface area contributed by atoms with Gasteiger partial charge < -0.3 is 20.9 Å². The van der Waals surface area contributed by atoms with Crippen LogP contribution in [0.3, 0.4) is 0 Å². The molecule has 1 unspecified atom stereocenters. The molecule has 1 aromatic carbocycles. The highest BCUT2D eigenvalue weighted by atomic mass is 35.5. The lowest BCUT2D eigenvalue weighted by molar-refractivity contribution is 0.563. The first kappa shape index (κ1) is 21.0. The van der Waals surface area contributed by atoms with Gasteiger partial charge >= 0.3 is 0 Å². The van der Waals surface area contributed by atoms with Gasteiger partial charge in [-0.05, 0) is 30.7 Å². The largest absolute Gasteiger partial charge is 0.382 e. The Morgan fingerprint density at radius 2 is 1.97 bits per heavy atom. The summed E-state index contributed by atoms with van der Waals surface area (Å²) in [6.07, 6.45) is 1.63. The van der Waals surface area contributed by atoms with Crippen LogP contribution in [0.25, 0.3) is 11.3 Å². The van der Waals surface area contributed by atoms with Gasteiger partial charge in [0.05, 0.1) is 29.0 Å². The maximum atomic E-state index is 10.8. The highest BCUT2D eigenvalue weighted by molar-refractivity contribution is 7.78. The molecule has 3 aromatic rings.